The van der Waals surface area contributed by atoms with E-state index in [0.29, 0.717) is 35.1 Å². The summed E-state index contributed by atoms with van der Waals surface area (Å²) >= 11 is 0. The molecule has 6 rings (SSSR count). The van der Waals surface area contributed by atoms with Crippen molar-refractivity contribution in [1.29, 1.82) is 0 Å². The van der Waals surface area contributed by atoms with Gasteiger partial charge in [0.2, 0.25) is 5.88 Å². The van der Waals surface area contributed by atoms with E-state index in [4.69, 9.17) is 4.74 Å². The van der Waals surface area contributed by atoms with Crippen LogP contribution in [0.15, 0.2) is 30.6 Å². The molecule has 1 aromatic heterocycles. The van der Waals surface area contributed by atoms with E-state index >= 15 is 0 Å². The van der Waals surface area contributed by atoms with E-state index in [1.165, 1.54) is 18.3 Å². The van der Waals surface area contributed by atoms with Crippen molar-refractivity contribution in [1.82, 2.24) is 20.6 Å². The summed E-state index contributed by atoms with van der Waals surface area (Å²) in [4.78, 5) is 33.9. The maximum absolute atomic E-state index is 13.8. The Morgan fingerprint density at radius 2 is 1.72 bits per heavy atom. The number of ether oxygens (including phenoxy) is 1. The van der Waals surface area contributed by atoms with Gasteiger partial charge in [0.15, 0.2) is 0 Å². The van der Waals surface area contributed by atoms with Crippen LogP contribution in [-0.4, -0.2) is 33.0 Å². The van der Waals surface area contributed by atoms with Crippen LogP contribution in [0.5, 0.6) is 5.88 Å². The third-order valence-electron chi connectivity index (χ3n) is 7.04. The molecule has 7 nitrogen and oxygen atoms in total. The Labute approximate surface area is 186 Å². The highest BCUT2D eigenvalue weighted by atomic mass is 19.1. The largest absolute Gasteiger partial charge is 0.414 e. The van der Waals surface area contributed by atoms with Gasteiger partial charge >= 0.3 is 6.09 Å². The zero-order chi connectivity index (χ0) is 22.5. The van der Waals surface area contributed by atoms with Gasteiger partial charge in [0.05, 0.1) is 11.9 Å². The second-order valence-corrected chi connectivity index (χ2v) is 10.0. The van der Waals surface area contributed by atoms with Crippen LogP contribution in [0.25, 0.3) is 0 Å². The van der Waals surface area contributed by atoms with Gasteiger partial charge < -0.3 is 15.4 Å². The minimum Gasteiger partial charge on any atom is -0.390 e. The molecule has 2 amide bonds. The highest BCUT2D eigenvalue weighted by Crippen LogP contribution is 2.57. The normalized spacial score (nSPS) is 30.1. The van der Waals surface area contributed by atoms with E-state index < -0.39 is 23.0 Å². The van der Waals surface area contributed by atoms with Crippen molar-refractivity contribution in [2.45, 2.75) is 63.5 Å². The first kappa shape index (κ1) is 20.8. The number of nitrogens with one attached hydrogen (secondary N) is 2. The Morgan fingerprint density at radius 3 is 2.38 bits per heavy atom. The first-order valence-electron chi connectivity index (χ1n) is 11.1. The Balaban J connectivity index is 1.33. The van der Waals surface area contributed by atoms with Crippen molar-refractivity contribution in [3.63, 3.8) is 0 Å². The fourth-order valence-electron chi connectivity index (χ4n) is 6.56. The van der Waals surface area contributed by atoms with Crippen molar-refractivity contribution in [2.75, 3.05) is 0 Å². The number of halogens is 1. The molecular formula is C24H27FN4O3. The first-order valence-corrected chi connectivity index (χ1v) is 11.1. The highest BCUT2D eigenvalue weighted by Gasteiger charge is 2.59. The molecule has 168 valence electrons. The molecule has 0 spiro atoms. The van der Waals surface area contributed by atoms with Gasteiger partial charge in [-0.25, -0.2) is 14.2 Å². The number of hydrogen-bond donors (Lipinski definition) is 2. The zero-order valence-electron chi connectivity index (χ0n) is 18.3. The quantitative estimate of drug-likeness (QED) is 0.757. The molecule has 32 heavy (non-hydrogen) atoms. The van der Waals surface area contributed by atoms with Crippen molar-refractivity contribution in [2.24, 2.45) is 11.8 Å². The Morgan fingerprint density at radius 1 is 1.03 bits per heavy atom. The smallest absolute Gasteiger partial charge is 0.390 e. The Kier molecular flexibility index (Phi) is 4.91. The van der Waals surface area contributed by atoms with E-state index in [9.17, 15) is 14.0 Å². The molecule has 4 saturated carbocycles. The average molecular weight is 439 g/mol. The van der Waals surface area contributed by atoms with Gasteiger partial charge in [0.25, 0.3) is 5.91 Å². The molecule has 8 heteroatoms. The molecule has 2 atom stereocenters. The topological polar surface area (TPSA) is 93.2 Å². The molecule has 0 saturated heterocycles. The predicted molar refractivity (Wildman–Crippen MR) is 115 cm³/mol. The maximum atomic E-state index is 13.8. The van der Waals surface area contributed by atoms with E-state index in [0.717, 1.165) is 32.1 Å². The predicted octanol–water partition coefficient (Wildman–Crippen LogP) is 3.84. The number of rotatable bonds is 4. The number of carbonyl (C=O) groups excluding carboxylic acids is 2. The van der Waals surface area contributed by atoms with Crippen LogP contribution >= 0.6 is 0 Å². The van der Waals surface area contributed by atoms with Crippen molar-refractivity contribution in [3.05, 3.63) is 53.2 Å². The summed E-state index contributed by atoms with van der Waals surface area (Å²) in [5, 5.41) is 6.34. The maximum Gasteiger partial charge on any atom is 0.414 e. The summed E-state index contributed by atoms with van der Waals surface area (Å²) in [6.07, 6.45) is 7.71. The van der Waals surface area contributed by atoms with Crippen LogP contribution < -0.4 is 15.4 Å². The van der Waals surface area contributed by atoms with Crippen molar-refractivity contribution < 1.29 is 18.7 Å². The summed E-state index contributed by atoms with van der Waals surface area (Å²) in [6.45, 7) is 3.55. The van der Waals surface area contributed by atoms with Crippen LogP contribution in [0.4, 0.5) is 9.18 Å². The Hall–Kier alpha value is -3.03. The van der Waals surface area contributed by atoms with Gasteiger partial charge in [0, 0.05) is 22.8 Å². The van der Waals surface area contributed by atoms with Crippen molar-refractivity contribution in [3.8, 4) is 5.88 Å². The fraction of sp³-hybridized carbons (Fsp3) is 0.500. The van der Waals surface area contributed by atoms with Gasteiger partial charge in [-0.05, 0) is 88.0 Å². The number of nitrogens with zero attached hydrogens (tertiary/aromatic N) is 2. The zero-order valence-corrected chi connectivity index (χ0v) is 18.3. The molecule has 0 radical (unpaired) electrons. The molecule has 2 aromatic rings. The summed E-state index contributed by atoms with van der Waals surface area (Å²) in [7, 11) is 0. The lowest BCUT2D eigenvalue weighted by Gasteiger charge is -2.62. The third kappa shape index (κ3) is 4.06. The molecule has 4 aliphatic carbocycles. The monoisotopic (exact) mass is 438 g/mol. The fourth-order valence-corrected chi connectivity index (χ4v) is 6.56. The summed E-state index contributed by atoms with van der Waals surface area (Å²) < 4.78 is 19.2. The summed E-state index contributed by atoms with van der Waals surface area (Å²) in [6, 6.07) is 4.38. The van der Waals surface area contributed by atoms with Gasteiger partial charge in [-0.3, -0.25) is 9.78 Å². The third-order valence-corrected chi connectivity index (χ3v) is 7.04. The lowest BCUT2D eigenvalue weighted by molar-refractivity contribution is -0.0449. The van der Waals surface area contributed by atoms with E-state index in [2.05, 4.69) is 20.6 Å². The average Bonchev–Trinajstić information content (AvgIpc) is 2.65. The Bertz CT molecular complexity index is 1050. The van der Waals surface area contributed by atoms with E-state index in [1.807, 2.05) is 0 Å². The molecule has 2 unspecified atom stereocenters. The van der Waals surface area contributed by atoms with Gasteiger partial charge in [-0.1, -0.05) is 0 Å². The van der Waals surface area contributed by atoms with Crippen LogP contribution in [0, 0.1) is 31.5 Å². The second-order valence-electron chi connectivity index (χ2n) is 10.0. The molecule has 1 aromatic carbocycles. The lowest BCUT2D eigenvalue weighted by Crippen LogP contribution is -2.70. The van der Waals surface area contributed by atoms with Gasteiger partial charge in [-0.2, -0.15) is 0 Å². The second kappa shape index (κ2) is 7.53. The van der Waals surface area contributed by atoms with E-state index in [1.54, 1.807) is 26.1 Å². The van der Waals surface area contributed by atoms with Crippen LogP contribution in [0.1, 0.15) is 60.1 Å². The number of amides is 2. The SMILES string of the molecule is Cc1cc(F)cc(C(=O)NC23CC4CC(CC(NC(=O)Oc5cncc(C)n5)(C4)C2)C3)c1. The molecule has 2 N–H and O–H groups in total. The number of benzene rings is 1. The molecule has 1 heterocycles. The van der Waals surface area contributed by atoms with Gasteiger partial charge in [-0.15, -0.1) is 0 Å². The van der Waals surface area contributed by atoms with Crippen LogP contribution in [-0.2, 0) is 0 Å². The summed E-state index contributed by atoms with van der Waals surface area (Å²) in [5.41, 5.74) is 0.874. The standard InChI is InChI=1S/C24H27FN4O3/c1-14-3-18(6-19(25)4-14)21(30)28-23-7-16-5-17(8-23)10-24(9-16,13-23)29-22(31)32-20-12-26-11-15(2)27-20/h3-4,6,11-12,16-17H,5,7-10,13H2,1-2H3,(H,28,30)(H,29,31). The molecule has 4 fully saturated rings. The number of hydrogen-bond acceptors (Lipinski definition) is 5. The minimum absolute atomic E-state index is 0.164. The van der Waals surface area contributed by atoms with Gasteiger partial charge in [0.1, 0.15) is 5.82 Å². The molecular weight excluding hydrogens is 411 g/mol. The highest BCUT2D eigenvalue weighted by molar-refractivity contribution is 5.95. The van der Waals surface area contributed by atoms with E-state index in [-0.39, 0.29) is 11.8 Å². The lowest BCUT2D eigenvalue weighted by atomic mass is 9.50. The first-order chi connectivity index (χ1) is 15.2. The number of carbonyl (C=O) groups is 2. The minimum atomic E-state index is -0.547. The number of aryl methyl sites for hydroxylation is 2. The van der Waals surface area contributed by atoms with Crippen LogP contribution in [0.3, 0.4) is 0 Å². The van der Waals surface area contributed by atoms with Crippen LogP contribution in [0.2, 0.25) is 0 Å². The molecule has 4 aliphatic rings. The number of aromatic nitrogens is 2. The molecule has 0 aliphatic heterocycles. The summed E-state index contributed by atoms with van der Waals surface area (Å²) in [5.74, 6) is 0.328. The molecule has 4 bridgehead atoms. The van der Waals surface area contributed by atoms with Crippen molar-refractivity contribution >= 4 is 12.0 Å².